The molecule has 13 heavy (non-hydrogen) atoms. The van der Waals surface area contributed by atoms with Gasteiger partial charge in [0, 0.05) is 18.9 Å². The van der Waals surface area contributed by atoms with E-state index in [0.717, 1.165) is 23.2 Å². The zero-order chi connectivity index (χ0) is 9.68. The van der Waals surface area contributed by atoms with Gasteiger partial charge in [-0.2, -0.15) is 0 Å². The van der Waals surface area contributed by atoms with Crippen molar-refractivity contribution in [2.45, 2.75) is 6.42 Å². The van der Waals surface area contributed by atoms with Crippen LogP contribution in [0.1, 0.15) is 16.1 Å². The molecular weight excluding hydrogens is 250 g/mol. The van der Waals surface area contributed by atoms with Gasteiger partial charge in [0.15, 0.2) is 0 Å². The monoisotopic (exact) mass is 261 g/mol. The summed E-state index contributed by atoms with van der Waals surface area (Å²) in [5.41, 5.74) is 0. The van der Waals surface area contributed by atoms with Gasteiger partial charge in [-0.1, -0.05) is 22.0 Å². The molecule has 0 saturated heterocycles. The molecule has 0 atom stereocenters. The standard InChI is InChI=1S/C9H12BrNOS/c1-11(6-3-5-10)9(12)8-4-2-7-13-8/h2,4,7H,3,5-6H2,1H3. The molecule has 1 amide bonds. The number of carbonyl (C=O) groups is 1. The number of rotatable bonds is 4. The van der Waals surface area contributed by atoms with Gasteiger partial charge in [0.25, 0.3) is 5.91 Å². The van der Waals surface area contributed by atoms with E-state index in [1.165, 1.54) is 11.3 Å². The van der Waals surface area contributed by atoms with Crippen LogP contribution in [0.2, 0.25) is 0 Å². The number of thiophene rings is 1. The minimum absolute atomic E-state index is 0.121. The van der Waals surface area contributed by atoms with Crippen LogP contribution in [0.4, 0.5) is 0 Å². The first-order valence-electron chi connectivity index (χ1n) is 4.10. The first-order chi connectivity index (χ1) is 6.25. The lowest BCUT2D eigenvalue weighted by Crippen LogP contribution is -2.27. The predicted molar refractivity (Wildman–Crippen MR) is 59.7 cm³/mol. The first kappa shape index (κ1) is 10.7. The number of carbonyl (C=O) groups excluding carboxylic acids is 1. The third-order valence-corrected chi connectivity index (χ3v) is 3.12. The fourth-order valence-corrected chi connectivity index (χ4v) is 1.96. The van der Waals surface area contributed by atoms with Gasteiger partial charge in [-0.25, -0.2) is 0 Å². The second-order valence-electron chi connectivity index (χ2n) is 2.75. The molecule has 0 saturated carbocycles. The summed E-state index contributed by atoms with van der Waals surface area (Å²) in [6.45, 7) is 0.808. The third-order valence-electron chi connectivity index (χ3n) is 1.71. The summed E-state index contributed by atoms with van der Waals surface area (Å²) in [5.74, 6) is 0.121. The quantitative estimate of drug-likeness (QED) is 0.764. The Morgan fingerprint density at radius 1 is 1.69 bits per heavy atom. The van der Waals surface area contributed by atoms with Gasteiger partial charge in [0.1, 0.15) is 0 Å². The molecule has 0 aliphatic carbocycles. The molecule has 0 bridgehead atoms. The molecule has 1 aromatic heterocycles. The van der Waals surface area contributed by atoms with Crippen LogP contribution in [-0.4, -0.2) is 29.7 Å². The van der Waals surface area contributed by atoms with Crippen molar-refractivity contribution in [3.63, 3.8) is 0 Å². The molecule has 0 unspecified atom stereocenters. The van der Waals surface area contributed by atoms with Crippen LogP contribution in [0.3, 0.4) is 0 Å². The summed E-state index contributed by atoms with van der Waals surface area (Å²) >= 11 is 4.83. The van der Waals surface area contributed by atoms with Crippen molar-refractivity contribution < 1.29 is 4.79 Å². The van der Waals surface area contributed by atoms with E-state index >= 15 is 0 Å². The van der Waals surface area contributed by atoms with Gasteiger partial charge in [-0.15, -0.1) is 11.3 Å². The molecule has 2 nitrogen and oxygen atoms in total. The maximum atomic E-state index is 11.6. The fraction of sp³-hybridized carbons (Fsp3) is 0.444. The van der Waals surface area contributed by atoms with Crippen molar-refractivity contribution in [1.82, 2.24) is 4.90 Å². The van der Waals surface area contributed by atoms with Gasteiger partial charge < -0.3 is 4.90 Å². The Labute approximate surface area is 90.7 Å². The van der Waals surface area contributed by atoms with Gasteiger partial charge in [-0.3, -0.25) is 4.79 Å². The summed E-state index contributed by atoms with van der Waals surface area (Å²) < 4.78 is 0. The molecular formula is C9H12BrNOS. The zero-order valence-corrected chi connectivity index (χ0v) is 9.90. The Hall–Kier alpha value is -0.350. The Morgan fingerprint density at radius 3 is 3.00 bits per heavy atom. The van der Waals surface area contributed by atoms with Crippen LogP contribution < -0.4 is 0 Å². The average Bonchev–Trinajstić information content (AvgIpc) is 2.65. The Bertz CT molecular complexity index is 261. The van der Waals surface area contributed by atoms with Crippen molar-refractivity contribution in [2.75, 3.05) is 18.9 Å². The van der Waals surface area contributed by atoms with Crippen molar-refractivity contribution in [1.29, 1.82) is 0 Å². The summed E-state index contributed by atoms with van der Waals surface area (Å²) in [6.07, 6.45) is 0.994. The molecule has 0 aliphatic rings. The molecule has 1 heterocycles. The number of hydrogen-bond acceptors (Lipinski definition) is 2. The van der Waals surface area contributed by atoms with E-state index in [1.54, 1.807) is 4.90 Å². The maximum absolute atomic E-state index is 11.6. The molecule has 1 aromatic rings. The molecule has 0 N–H and O–H groups in total. The first-order valence-corrected chi connectivity index (χ1v) is 6.10. The van der Waals surface area contributed by atoms with Crippen LogP contribution >= 0.6 is 27.3 Å². The highest BCUT2D eigenvalue weighted by Gasteiger charge is 2.10. The number of hydrogen-bond donors (Lipinski definition) is 0. The highest BCUT2D eigenvalue weighted by Crippen LogP contribution is 2.11. The maximum Gasteiger partial charge on any atom is 0.263 e. The lowest BCUT2D eigenvalue weighted by Gasteiger charge is -2.14. The SMILES string of the molecule is CN(CCCBr)C(=O)c1cccs1. The van der Waals surface area contributed by atoms with Crippen LogP contribution in [0, 0.1) is 0 Å². The van der Waals surface area contributed by atoms with Gasteiger partial charge in [0.05, 0.1) is 4.88 Å². The predicted octanol–water partition coefficient (Wildman–Crippen LogP) is 2.61. The topological polar surface area (TPSA) is 20.3 Å². The normalized spacial score (nSPS) is 10.0. The second kappa shape index (κ2) is 5.40. The highest BCUT2D eigenvalue weighted by atomic mass is 79.9. The summed E-state index contributed by atoms with van der Waals surface area (Å²) in [4.78, 5) is 14.2. The van der Waals surface area contributed by atoms with E-state index in [9.17, 15) is 4.79 Å². The minimum Gasteiger partial charge on any atom is -0.341 e. The van der Waals surface area contributed by atoms with E-state index in [1.807, 2.05) is 24.6 Å². The largest absolute Gasteiger partial charge is 0.341 e. The Kier molecular flexibility index (Phi) is 4.45. The number of halogens is 1. The van der Waals surface area contributed by atoms with Gasteiger partial charge in [0.2, 0.25) is 0 Å². The summed E-state index contributed by atoms with van der Waals surface area (Å²) in [5, 5.41) is 2.86. The molecule has 0 fully saturated rings. The molecule has 72 valence electrons. The van der Waals surface area contributed by atoms with E-state index < -0.39 is 0 Å². The fourth-order valence-electron chi connectivity index (χ4n) is 0.987. The number of alkyl halides is 1. The van der Waals surface area contributed by atoms with E-state index in [4.69, 9.17) is 0 Å². The third kappa shape index (κ3) is 3.12. The van der Waals surface area contributed by atoms with Crippen molar-refractivity contribution >= 4 is 33.2 Å². The zero-order valence-electron chi connectivity index (χ0n) is 7.50. The van der Waals surface area contributed by atoms with Crippen LogP contribution in [0.25, 0.3) is 0 Å². The molecule has 0 aromatic carbocycles. The molecule has 0 radical (unpaired) electrons. The van der Waals surface area contributed by atoms with E-state index in [0.29, 0.717) is 0 Å². The summed E-state index contributed by atoms with van der Waals surface area (Å²) in [7, 11) is 1.84. The van der Waals surface area contributed by atoms with Crippen LogP contribution in [0.15, 0.2) is 17.5 Å². The van der Waals surface area contributed by atoms with Crippen molar-refractivity contribution in [3.05, 3.63) is 22.4 Å². The molecule has 1 rings (SSSR count). The highest BCUT2D eigenvalue weighted by molar-refractivity contribution is 9.09. The smallest absolute Gasteiger partial charge is 0.263 e. The minimum atomic E-state index is 0.121. The van der Waals surface area contributed by atoms with E-state index in [-0.39, 0.29) is 5.91 Å². The Balaban J connectivity index is 2.48. The molecule has 0 aliphatic heterocycles. The van der Waals surface area contributed by atoms with Crippen molar-refractivity contribution in [2.24, 2.45) is 0 Å². The number of nitrogens with zero attached hydrogens (tertiary/aromatic N) is 1. The van der Waals surface area contributed by atoms with Crippen molar-refractivity contribution in [3.8, 4) is 0 Å². The Morgan fingerprint density at radius 2 is 2.46 bits per heavy atom. The lowest BCUT2D eigenvalue weighted by atomic mass is 10.4. The van der Waals surface area contributed by atoms with E-state index in [2.05, 4.69) is 15.9 Å². The van der Waals surface area contributed by atoms with Crippen LogP contribution in [0.5, 0.6) is 0 Å². The van der Waals surface area contributed by atoms with Gasteiger partial charge >= 0.3 is 0 Å². The summed E-state index contributed by atoms with van der Waals surface area (Å²) in [6, 6.07) is 3.76. The lowest BCUT2D eigenvalue weighted by molar-refractivity contribution is 0.0800. The van der Waals surface area contributed by atoms with Crippen LogP contribution in [-0.2, 0) is 0 Å². The molecule has 0 spiro atoms. The number of amides is 1. The van der Waals surface area contributed by atoms with Gasteiger partial charge in [-0.05, 0) is 17.9 Å². The molecule has 4 heteroatoms. The average molecular weight is 262 g/mol. The second-order valence-corrected chi connectivity index (χ2v) is 4.49.